The van der Waals surface area contributed by atoms with Crippen molar-refractivity contribution in [2.75, 3.05) is 6.61 Å². The molecule has 0 amide bonds. The van der Waals surface area contributed by atoms with Gasteiger partial charge in [-0.3, -0.25) is 4.79 Å². The average Bonchev–Trinajstić information content (AvgIpc) is 2.51. The van der Waals surface area contributed by atoms with Crippen LogP contribution in [0.15, 0.2) is 35.6 Å². The van der Waals surface area contributed by atoms with E-state index in [2.05, 4.69) is 13.8 Å². The third-order valence-electron chi connectivity index (χ3n) is 3.41. The quantitative estimate of drug-likeness (QED) is 0.516. The van der Waals surface area contributed by atoms with Gasteiger partial charge in [0.1, 0.15) is 11.5 Å². The molecule has 0 radical (unpaired) electrons. The lowest BCUT2D eigenvalue weighted by Gasteiger charge is -2.08. The summed E-state index contributed by atoms with van der Waals surface area (Å²) in [5, 5.41) is 0. The molecule has 0 aromatic heterocycles. The second-order valence-electron chi connectivity index (χ2n) is 5.16. The van der Waals surface area contributed by atoms with E-state index in [4.69, 9.17) is 9.47 Å². The molecule has 1 aromatic carbocycles. The van der Waals surface area contributed by atoms with Gasteiger partial charge in [-0.1, -0.05) is 26.0 Å². The van der Waals surface area contributed by atoms with Crippen molar-refractivity contribution in [2.45, 2.75) is 53.4 Å². The van der Waals surface area contributed by atoms with E-state index < -0.39 is 0 Å². The molecule has 0 heterocycles. The second kappa shape index (κ2) is 9.22. The summed E-state index contributed by atoms with van der Waals surface area (Å²) in [4.78, 5) is 11.8. The highest BCUT2D eigenvalue weighted by Gasteiger charge is 2.06. The topological polar surface area (TPSA) is 35.5 Å². The Kier molecular flexibility index (Phi) is 7.59. The molecular formula is C18H26O3. The molecule has 0 spiro atoms. The minimum absolute atomic E-state index is 0.174. The van der Waals surface area contributed by atoms with E-state index in [9.17, 15) is 4.79 Å². The number of ether oxygens (including phenoxy) is 2. The summed E-state index contributed by atoms with van der Waals surface area (Å²) in [6.07, 6.45) is 2.98. The first-order chi connectivity index (χ1) is 10.1. The molecule has 1 rings (SSSR count). The van der Waals surface area contributed by atoms with Gasteiger partial charge in [-0.15, -0.1) is 0 Å². The van der Waals surface area contributed by atoms with Crippen LogP contribution in [0.5, 0.6) is 5.75 Å². The number of carbonyl (C=O) groups excluding carboxylic acids is 1. The van der Waals surface area contributed by atoms with Gasteiger partial charge in [-0.2, -0.15) is 0 Å². The Balaban J connectivity index is 2.43. The predicted molar refractivity (Wildman–Crippen MR) is 85.3 cm³/mol. The first-order valence-electron chi connectivity index (χ1n) is 7.65. The number of esters is 1. The predicted octanol–water partition coefficient (Wildman–Crippen LogP) is 4.66. The molecule has 0 saturated carbocycles. The number of benzene rings is 1. The fourth-order valence-corrected chi connectivity index (χ4v) is 1.78. The van der Waals surface area contributed by atoms with Gasteiger partial charge in [-0.05, 0) is 56.4 Å². The summed E-state index contributed by atoms with van der Waals surface area (Å²) in [6.45, 7) is 8.69. The fourth-order valence-electron chi connectivity index (χ4n) is 1.78. The molecule has 0 bridgehead atoms. The lowest BCUT2D eigenvalue weighted by atomic mass is 10.1. The first kappa shape index (κ1) is 17.3. The Labute approximate surface area is 128 Å². The molecule has 0 aliphatic rings. The van der Waals surface area contributed by atoms with Crippen molar-refractivity contribution < 1.29 is 14.3 Å². The smallest absolute Gasteiger partial charge is 0.311 e. The van der Waals surface area contributed by atoms with Crippen LogP contribution in [0.4, 0.5) is 0 Å². The zero-order valence-electron chi connectivity index (χ0n) is 13.6. The maximum atomic E-state index is 11.8. The van der Waals surface area contributed by atoms with E-state index in [0.717, 1.165) is 42.1 Å². The second-order valence-corrected chi connectivity index (χ2v) is 5.16. The molecule has 116 valence electrons. The highest BCUT2D eigenvalue weighted by molar-refractivity contribution is 5.71. The molecule has 0 unspecified atom stereocenters. The third kappa shape index (κ3) is 6.48. The summed E-state index contributed by atoms with van der Waals surface area (Å²) in [6, 6.07) is 7.89. The van der Waals surface area contributed by atoms with Gasteiger partial charge in [0, 0.05) is 6.42 Å². The Morgan fingerprint density at radius 3 is 2.33 bits per heavy atom. The largest absolute Gasteiger partial charge is 0.494 e. The zero-order chi connectivity index (χ0) is 15.7. The number of rotatable bonds is 8. The fraction of sp³-hybridized carbons (Fsp3) is 0.500. The Morgan fingerprint density at radius 2 is 1.76 bits per heavy atom. The minimum atomic E-state index is -0.174. The number of hydrogen-bond donors (Lipinski definition) is 0. The van der Waals surface area contributed by atoms with Crippen LogP contribution in [0.25, 0.3) is 0 Å². The van der Waals surface area contributed by atoms with Crippen molar-refractivity contribution >= 4 is 5.97 Å². The van der Waals surface area contributed by atoms with Gasteiger partial charge in [0.15, 0.2) is 0 Å². The van der Waals surface area contributed by atoms with E-state index in [1.807, 2.05) is 38.1 Å². The van der Waals surface area contributed by atoms with Gasteiger partial charge >= 0.3 is 5.97 Å². The molecule has 0 N–H and O–H groups in total. The Bertz CT molecular complexity index is 472. The van der Waals surface area contributed by atoms with Crippen LogP contribution in [0, 0.1) is 0 Å². The summed E-state index contributed by atoms with van der Waals surface area (Å²) in [5.74, 6) is 1.43. The number of carbonyl (C=O) groups is 1. The van der Waals surface area contributed by atoms with E-state index >= 15 is 0 Å². The maximum Gasteiger partial charge on any atom is 0.311 e. The van der Waals surface area contributed by atoms with Crippen LogP contribution in [-0.2, 0) is 16.0 Å². The van der Waals surface area contributed by atoms with Crippen molar-refractivity contribution in [1.29, 1.82) is 0 Å². The molecule has 3 nitrogen and oxygen atoms in total. The average molecular weight is 290 g/mol. The Morgan fingerprint density at radius 1 is 1.10 bits per heavy atom. The number of aryl methyl sites for hydroxylation is 1. The van der Waals surface area contributed by atoms with E-state index in [1.54, 1.807) is 0 Å². The molecule has 0 fully saturated rings. The molecule has 3 heteroatoms. The summed E-state index contributed by atoms with van der Waals surface area (Å²) in [5.41, 5.74) is 2.23. The molecule has 0 aliphatic carbocycles. The highest BCUT2D eigenvalue weighted by atomic mass is 16.5. The standard InChI is InChI=1S/C18H26O3/c1-5-13-20-17-10-7-16(8-11-17)9-12-18(19)21-15(4)14(3)6-2/h7-8,10-11H,5-6,9,12-13H2,1-4H3. The van der Waals surface area contributed by atoms with Crippen LogP contribution >= 0.6 is 0 Å². The zero-order valence-corrected chi connectivity index (χ0v) is 13.6. The van der Waals surface area contributed by atoms with Crippen LogP contribution in [0.1, 0.15) is 52.5 Å². The van der Waals surface area contributed by atoms with E-state index in [-0.39, 0.29) is 5.97 Å². The molecule has 0 aliphatic heterocycles. The first-order valence-corrected chi connectivity index (χ1v) is 7.65. The summed E-state index contributed by atoms with van der Waals surface area (Å²) < 4.78 is 10.8. The van der Waals surface area contributed by atoms with Gasteiger partial charge in [-0.25, -0.2) is 0 Å². The molecule has 0 saturated heterocycles. The monoisotopic (exact) mass is 290 g/mol. The van der Waals surface area contributed by atoms with Crippen molar-refractivity contribution in [2.24, 2.45) is 0 Å². The summed E-state index contributed by atoms with van der Waals surface area (Å²) in [7, 11) is 0. The Hall–Kier alpha value is -1.77. The molecule has 21 heavy (non-hydrogen) atoms. The van der Waals surface area contributed by atoms with Crippen LogP contribution in [-0.4, -0.2) is 12.6 Å². The maximum absolute atomic E-state index is 11.8. The van der Waals surface area contributed by atoms with Gasteiger partial charge in [0.05, 0.1) is 6.61 Å². The highest BCUT2D eigenvalue weighted by Crippen LogP contribution is 2.15. The SMILES string of the molecule is CCCOc1ccc(CCC(=O)OC(C)=C(C)CC)cc1. The van der Waals surface area contributed by atoms with Crippen LogP contribution < -0.4 is 4.74 Å². The number of allylic oxidation sites excluding steroid dienone is 2. The van der Waals surface area contributed by atoms with Crippen LogP contribution in [0.2, 0.25) is 0 Å². The third-order valence-corrected chi connectivity index (χ3v) is 3.41. The van der Waals surface area contributed by atoms with Crippen molar-refractivity contribution in [3.05, 3.63) is 41.2 Å². The molecule has 1 aromatic rings. The van der Waals surface area contributed by atoms with Crippen molar-refractivity contribution in [3.8, 4) is 5.75 Å². The van der Waals surface area contributed by atoms with Gasteiger partial charge in [0.2, 0.25) is 0 Å². The van der Waals surface area contributed by atoms with Crippen molar-refractivity contribution in [1.82, 2.24) is 0 Å². The molecule has 0 atom stereocenters. The van der Waals surface area contributed by atoms with Gasteiger partial charge in [0.25, 0.3) is 0 Å². The van der Waals surface area contributed by atoms with Crippen LogP contribution in [0.3, 0.4) is 0 Å². The molecular weight excluding hydrogens is 264 g/mol. The normalized spacial score (nSPS) is 11.8. The van der Waals surface area contributed by atoms with E-state index in [1.165, 1.54) is 0 Å². The van der Waals surface area contributed by atoms with Crippen molar-refractivity contribution in [3.63, 3.8) is 0 Å². The summed E-state index contributed by atoms with van der Waals surface area (Å²) >= 11 is 0. The lowest BCUT2D eigenvalue weighted by Crippen LogP contribution is -2.05. The minimum Gasteiger partial charge on any atom is -0.494 e. The number of hydrogen-bond acceptors (Lipinski definition) is 3. The van der Waals surface area contributed by atoms with E-state index in [0.29, 0.717) is 12.8 Å². The van der Waals surface area contributed by atoms with Gasteiger partial charge < -0.3 is 9.47 Å². The lowest BCUT2D eigenvalue weighted by molar-refractivity contribution is -0.139.